The quantitative estimate of drug-likeness (QED) is 0.488. The SMILES string of the molecule is Cc1cccc(Nc2nc(N)nc(CN(C)CC3Cc4ccccc4CN3C)n2)c1.O=CO. The molecular formula is C24H31N7O2. The van der Waals surface area contributed by atoms with Crippen LogP contribution in [0.15, 0.2) is 48.5 Å². The minimum atomic E-state index is -0.250. The van der Waals surface area contributed by atoms with E-state index in [0.717, 1.165) is 25.2 Å². The molecule has 0 saturated carbocycles. The molecule has 33 heavy (non-hydrogen) atoms. The van der Waals surface area contributed by atoms with Crippen LogP contribution in [0.1, 0.15) is 22.5 Å². The molecule has 2 aromatic carbocycles. The zero-order valence-electron chi connectivity index (χ0n) is 19.3. The van der Waals surface area contributed by atoms with E-state index in [9.17, 15) is 0 Å². The van der Waals surface area contributed by atoms with Crippen LogP contribution in [0, 0.1) is 6.92 Å². The van der Waals surface area contributed by atoms with Crippen LogP contribution in [0.25, 0.3) is 0 Å². The fourth-order valence-corrected chi connectivity index (χ4v) is 4.00. The van der Waals surface area contributed by atoms with Crippen LogP contribution in [0.2, 0.25) is 0 Å². The van der Waals surface area contributed by atoms with Gasteiger partial charge >= 0.3 is 0 Å². The van der Waals surface area contributed by atoms with Crippen LogP contribution in [-0.4, -0.2) is 63.0 Å². The summed E-state index contributed by atoms with van der Waals surface area (Å²) < 4.78 is 0. The summed E-state index contributed by atoms with van der Waals surface area (Å²) in [5, 5.41) is 10.1. The van der Waals surface area contributed by atoms with Crippen LogP contribution < -0.4 is 11.1 Å². The number of hydrogen-bond donors (Lipinski definition) is 3. The highest BCUT2D eigenvalue weighted by molar-refractivity contribution is 5.54. The Morgan fingerprint density at radius 2 is 1.91 bits per heavy atom. The zero-order valence-corrected chi connectivity index (χ0v) is 19.3. The maximum absolute atomic E-state index is 8.36. The molecule has 174 valence electrons. The maximum atomic E-state index is 8.36. The van der Waals surface area contributed by atoms with Crippen molar-refractivity contribution in [2.45, 2.75) is 32.5 Å². The molecule has 1 aliphatic rings. The van der Waals surface area contributed by atoms with Crippen molar-refractivity contribution in [3.8, 4) is 0 Å². The van der Waals surface area contributed by atoms with Gasteiger partial charge in [0, 0.05) is 24.8 Å². The van der Waals surface area contributed by atoms with E-state index in [2.05, 4.69) is 68.4 Å². The highest BCUT2D eigenvalue weighted by Gasteiger charge is 2.24. The molecule has 9 nitrogen and oxygen atoms in total. The second-order valence-corrected chi connectivity index (χ2v) is 8.27. The van der Waals surface area contributed by atoms with Gasteiger partial charge in [0.05, 0.1) is 6.54 Å². The molecule has 4 rings (SSSR count). The number of likely N-dealkylation sites (N-methyl/N-ethyl adjacent to an activating group) is 2. The van der Waals surface area contributed by atoms with E-state index < -0.39 is 0 Å². The maximum Gasteiger partial charge on any atom is 0.290 e. The smallest absolute Gasteiger partial charge is 0.290 e. The van der Waals surface area contributed by atoms with E-state index in [1.165, 1.54) is 16.7 Å². The van der Waals surface area contributed by atoms with Crippen LogP contribution in [0.4, 0.5) is 17.6 Å². The zero-order chi connectivity index (χ0) is 23.8. The Morgan fingerprint density at radius 1 is 1.18 bits per heavy atom. The Labute approximate surface area is 194 Å². The van der Waals surface area contributed by atoms with Crippen molar-refractivity contribution in [3.05, 3.63) is 71.0 Å². The number of benzene rings is 2. The summed E-state index contributed by atoms with van der Waals surface area (Å²) in [4.78, 5) is 26.2. The van der Waals surface area contributed by atoms with Gasteiger partial charge < -0.3 is 16.2 Å². The van der Waals surface area contributed by atoms with E-state index in [1.54, 1.807) is 0 Å². The number of aromatic nitrogens is 3. The lowest BCUT2D eigenvalue weighted by Gasteiger charge is -2.36. The van der Waals surface area contributed by atoms with Crippen molar-refractivity contribution in [1.82, 2.24) is 24.8 Å². The standard InChI is InChI=1S/C23H29N7.CH2O2/c1-16-7-6-10-19(11-16)25-23-27-21(26-22(24)28-23)15-29(2)14-20-12-17-8-4-5-9-18(17)13-30(20)3;2-1-3/h4-11,20H,12-15H2,1-3H3,(H3,24,25,26,27,28);1H,(H,2,3). The lowest BCUT2D eigenvalue weighted by molar-refractivity contribution is -0.122. The molecule has 4 N–H and O–H groups in total. The first-order valence-electron chi connectivity index (χ1n) is 10.8. The van der Waals surface area contributed by atoms with Crippen molar-refractivity contribution in [2.24, 2.45) is 0 Å². The van der Waals surface area contributed by atoms with Crippen LogP contribution in [-0.2, 0) is 24.3 Å². The summed E-state index contributed by atoms with van der Waals surface area (Å²) in [5.74, 6) is 1.37. The molecule has 0 amide bonds. The van der Waals surface area contributed by atoms with E-state index in [1.807, 2.05) is 31.2 Å². The molecule has 0 bridgehead atoms. The third-order valence-corrected chi connectivity index (χ3v) is 5.52. The second-order valence-electron chi connectivity index (χ2n) is 8.27. The molecular weight excluding hydrogens is 418 g/mol. The monoisotopic (exact) mass is 449 g/mol. The minimum Gasteiger partial charge on any atom is -0.483 e. The van der Waals surface area contributed by atoms with Gasteiger partial charge in [-0.2, -0.15) is 15.0 Å². The van der Waals surface area contributed by atoms with Gasteiger partial charge in [-0.3, -0.25) is 14.6 Å². The van der Waals surface area contributed by atoms with E-state index in [0.29, 0.717) is 24.4 Å². The van der Waals surface area contributed by atoms with Crippen LogP contribution in [0.3, 0.4) is 0 Å². The highest BCUT2D eigenvalue weighted by Crippen LogP contribution is 2.22. The predicted octanol–water partition coefficient (Wildman–Crippen LogP) is 2.70. The topological polar surface area (TPSA) is 120 Å². The number of fused-ring (bicyclic) bond motifs is 1. The summed E-state index contributed by atoms with van der Waals surface area (Å²) >= 11 is 0. The van der Waals surface area contributed by atoms with Gasteiger partial charge in [0.1, 0.15) is 5.82 Å². The Bertz CT molecular complexity index is 1080. The number of carbonyl (C=O) groups is 1. The van der Waals surface area contributed by atoms with Gasteiger partial charge in [-0.05, 0) is 56.3 Å². The normalized spacial score (nSPS) is 15.3. The minimum absolute atomic E-state index is 0.229. The molecule has 0 spiro atoms. The number of hydrogen-bond acceptors (Lipinski definition) is 8. The molecule has 2 heterocycles. The number of aryl methyl sites for hydroxylation is 1. The molecule has 1 aromatic heterocycles. The average molecular weight is 450 g/mol. The number of nitrogen functional groups attached to an aromatic ring is 1. The van der Waals surface area contributed by atoms with Crippen molar-refractivity contribution >= 4 is 24.1 Å². The Hall–Kier alpha value is -3.56. The van der Waals surface area contributed by atoms with Crippen LogP contribution >= 0.6 is 0 Å². The average Bonchev–Trinajstić information content (AvgIpc) is 2.74. The molecule has 0 fully saturated rings. The van der Waals surface area contributed by atoms with Crippen molar-refractivity contribution in [1.29, 1.82) is 0 Å². The van der Waals surface area contributed by atoms with Gasteiger partial charge in [0.15, 0.2) is 0 Å². The first-order valence-corrected chi connectivity index (χ1v) is 10.8. The molecule has 1 atom stereocenters. The van der Waals surface area contributed by atoms with Gasteiger partial charge in [0.2, 0.25) is 11.9 Å². The molecule has 1 aliphatic heterocycles. The molecule has 0 aliphatic carbocycles. The van der Waals surface area contributed by atoms with Gasteiger partial charge in [-0.25, -0.2) is 0 Å². The molecule has 9 heteroatoms. The number of nitrogens with one attached hydrogen (secondary N) is 1. The summed E-state index contributed by atoms with van der Waals surface area (Å²) in [6, 6.07) is 17.2. The van der Waals surface area contributed by atoms with Gasteiger partial charge in [-0.15, -0.1) is 0 Å². The van der Waals surface area contributed by atoms with Crippen molar-refractivity contribution in [3.63, 3.8) is 0 Å². The Kier molecular flexibility index (Phi) is 8.28. The molecule has 0 radical (unpaired) electrons. The fourth-order valence-electron chi connectivity index (χ4n) is 4.00. The van der Waals surface area contributed by atoms with Gasteiger partial charge in [-0.1, -0.05) is 36.4 Å². The van der Waals surface area contributed by atoms with Crippen molar-refractivity contribution in [2.75, 3.05) is 31.7 Å². The van der Waals surface area contributed by atoms with E-state index in [4.69, 9.17) is 15.6 Å². The number of anilines is 3. The highest BCUT2D eigenvalue weighted by atomic mass is 16.3. The van der Waals surface area contributed by atoms with Crippen molar-refractivity contribution < 1.29 is 9.90 Å². The molecule has 3 aromatic rings. The lowest BCUT2D eigenvalue weighted by Crippen LogP contribution is -2.44. The molecule has 1 unspecified atom stereocenters. The Morgan fingerprint density at radius 3 is 2.64 bits per heavy atom. The largest absolute Gasteiger partial charge is 0.483 e. The third kappa shape index (κ3) is 6.96. The van der Waals surface area contributed by atoms with Gasteiger partial charge in [0.25, 0.3) is 6.47 Å². The second kappa shape index (κ2) is 11.3. The van der Waals surface area contributed by atoms with E-state index in [-0.39, 0.29) is 12.4 Å². The summed E-state index contributed by atoms with van der Waals surface area (Å²) in [7, 11) is 4.29. The Balaban J connectivity index is 0.000000968. The number of carboxylic acid groups (broad SMARTS) is 1. The summed E-state index contributed by atoms with van der Waals surface area (Å²) in [6.07, 6.45) is 1.05. The third-order valence-electron chi connectivity index (χ3n) is 5.52. The van der Waals surface area contributed by atoms with Crippen LogP contribution in [0.5, 0.6) is 0 Å². The molecule has 0 saturated heterocycles. The summed E-state index contributed by atoms with van der Waals surface area (Å²) in [5.41, 5.74) is 10.9. The number of nitrogens with two attached hydrogens (primary N) is 1. The first kappa shape index (κ1) is 24.1. The fraction of sp³-hybridized carbons (Fsp3) is 0.333. The number of nitrogens with zero attached hydrogens (tertiary/aromatic N) is 5. The number of rotatable bonds is 6. The summed E-state index contributed by atoms with van der Waals surface area (Å²) in [6.45, 7) is 4.32. The first-order chi connectivity index (χ1) is 15.9. The predicted molar refractivity (Wildman–Crippen MR) is 129 cm³/mol. The lowest BCUT2D eigenvalue weighted by atomic mass is 9.94. The van der Waals surface area contributed by atoms with E-state index >= 15 is 0 Å².